The second-order valence-electron chi connectivity index (χ2n) is 12.8. The number of amides is 1. The normalized spacial score (nSPS) is 28.2. The molecule has 0 saturated carbocycles. The number of aromatic amines is 1. The predicted octanol–water partition coefficient (Wildman–Crippen LogP) is -2.39. The Hall–Kier alpha value is -4.17. The van der Waals surface area contributed by atoms with E-state index in [1.54, 1.807) is 19.1 Å². The van der Waals surface area contributed by atoms with Crippen molar-refractivity contribution in [1.82, 2.24) is 14.9 Å². The van der Waals surface area contributed by atoms with Gasteiger partial charge in [-0.05, 0) is 37.5 Å². The summed E-state index contributed by atoms with van der Waals surface area (Å²) in [5.74, 6) is -0.0947. The molecule has 1 amide bonds. The van der Waals surface area contributed by atoms with Crippen LogP contribution in [0.4, 0.5) is 0 Å². The van der Waals surface area contributed by atoms with E-state index in [4.69, 9.17) is 23.5 Å². The van der Waals surface area contributed by atoms with Crippen LogP contribution in [-0.4, -0.2) is 132 Å². The molecule has 25 nitrogen and oxygen atoms in total. The zero-order valence-electron chi connectivity index (χ0n) is 30.1. The van der Waals surface area contributed by atoms with Crippen LogP contribution in [0, 0.1) is 6.92 Å². The molecule has 9 N–H and O–H groups in total. The number of aromatic nitrogens is 2. The summed E-state index contributed by atoms with van der Waals surface area (Å²) in [5.41, 5.74) is -1.23. The van der Waals surface area contributed by atoms with Crippen LogP contribution in [0.15, 0.2) is 60.5 Å². The van der Waals surface area contributed by atoms with E-state index in [1.165, 1.54) is 12.1 Å². The van der Waals surface area contributed by atoms with Gasteiger partial charge in [0.05, 0.1) is 12.8 Å². The minimum atomic E-state index is -5.72. The van der Waals surface area contributed by atoms with Crippen molar-refractivity contribution in [1.29, 1.82) is 0 Å². The molecule has 0 aliphatic carbocycles. The molecule has 5 unspecified atom stereocenters. The number of phosphoric ester groups is 2. The summed E-state index contributed by atoms with van der Waals surface area (Å²) in [4.78, 5) is 74.3. The monoisotopic (exact) mass is 866 g/mol. The van der Waals surface area contributed by atoms with Gasteiger partial charge >= 0.3 is 27.0 Å². The molecule has 2 saturated heterocycles. The molecule has 2 aliphatic heterocycles. The van der Waals surface area contributed by atoms with Crippen LogP contribution in [0.3, 0.4) is 0 Å². The minimum Gasteiger partial charge on any atom is -0.484 e. The van der Waals surface area contributed by atoms with Gasteiger partial charge in [0.1, 0.15) is 60.7 Å². The number of nitrogens with zero attached hydrogens (tertiary/aromatic N) is 2. The summed E-state index contributed by atoms with van der Waals surface area (Å²) in [6, 6.07) is 7.14. The fourth-order valence-electron chi connectivity index (χ4n) is 5.55. The van der Waals surface area contributed by atoms with E-state index in [0.717, 1.165) is 29.4 Å². The van der Waals surface area contributed by atoms with Gasteiger partial charge in [0.15, 0.2) is 19.1 Å². The molecule has 2 aromatic heterocycles. The molecule has 2 aliphatic rings. The number of hydrogen-bond acceptors (Lipinski definition) is 20. The molecule has 27 heteroatoms. The number of benzene rings is 1. The van der Waals surface area contributed by atoms with Crippen molar-refractivity contribution >= 4 is 38.7 Å². The molecule has 0 spiro atoms. The molecule has 0 radical (unpaired) electrons. The number of H-pyrrole nitrogens is 1. The Morgan fingerprint density at radius 2 is 1.72 bits per heavy atom. The van der Waals surface area contributed by atoms with Crippen LogP contribution in [0.2, 0.25) is 0 Å². The topological polar surface area (TPSA) is 367 Å². The number of fused-ring (bicyclic) bond motifs is 1. The van der Waals surface area contributed by atoms with Crippen LogP contribution in [-0.2, 0) is 41.6 Å². The van der Waals surface area contributed by atoms with Crippen LogP contribution in [0.5, 0.6) is 5.75 Å². The summed E-state index contributed by atoms with van der Waals surface area (Å²) in [5, 5.41) is 58.4. The van der Waals surface area contributed by atoms with Crippen molar-refractivity contribution in [2.45, 2.75) is 75.0 Å². The van der Waals surface area contributed by atoms with Gasteiger partial charge < -0.3 is 64.1 Å². The standard InChI is InChI=1S/C31H40N4O21P2/c1-15-10-23(38)52-18-11-16(4-5-17(15)18)49-14-22(37)32-7-2-3-9-50-33-12-19-24(39)26(41)28(43)30(54-19)55-58(47,48)56-57(45,46)51-13-20-25(40)27(42)29(53-20)35-8-6-21(36)34-31(35)44/h4-6,8,10-12,19-20,24-30,39-43H,2-3,7,9,13-14H2,1H3,(H,32,37)(H,45,46)(H,47,48)(H,34,36,44)/t19-,20?,24+,25+,26+,27?,28-,29?,30-/m1/s1. The first-order valence-corrected chi connectivity index (χ1v) is 20.2. The Bertz CT molecular complexity index is 2210. The number of aryl methyl sites for hydroxylation is 1. The van der Waals surface area contributed by atoms with E-state index in [9.17, 15) is 63.6 Å². The lowest BCUT2D eigenvalue weighted by Gasteiger charge is -2.38. The first-order chi connectivity index (χ1) is 27.3. The second-order valence-corrected chi connectivity index (χ2v) is 15.8. The molecular weight excluding hydrogens is 826 g/mol. The third-order valence-electron chi connectivity index (χ3n) is 8.47. The number of phosphoric acid groups is 2. The summed E-state index contributed by atoms with van der Waals surface area (Å²) in [6.07, 6.45) is -14.3. The van der Waals surface area contributed by atoms with Gasteiger partial charge in [-0.3, -0.25) is 28.2 Å². The SMILES string of the molecule is Cc1cc(=O)oc2cc(OCC(=O)NCCCCON=C[C@H]3O[C@H](OP(=O)(O)OP(=O)(O)OCC4OC(n5ccc(=O)[nH]c5=O)C(O)[C@H]4O)[C@H](O)[C@@H](O)[C@H]3O)ccc12. The third-order valence-corrected chi connectivity index (χ3v) is 11.1. The average molecular weight is 867 g/mol. The molecule has 3 aromatic rings. The highest BCUT2D eigenvalue weighted by Crippen LogP contribution is 2.61. The van der Waals surface area contributed by atoms with Gasteiger partial charge in [0, 0.05) is 36.3 Å². The Morgan fingerprint density at radius 1 is 0.966 bits per heavy atom. The van der Waals surface area contributed by atoms with E-state index in [2.05, 4.69) is 23.8 Å². The predicted molar refractivity (Wildman–Crippen MR) is 191 cm³/mol. The van der Waals surface area contributed by atoms with Crippen LogP contribution < -0.4 is 26.9 Å². The van der Waals surface area contributed by atoms with Crippen molar-refractivity contribution in [3.8, 4) is 5.75 Å². The van der Waals surface area contributed by atoms with Crippen molar-refractivity contribution in [3.05, 3.63) is 73.4 Å². The summed E-state index contributed by atoms with van der Waals surface area (Å²) < 4.78 is 60.4. The number of carbonyl (C=O) groups excluding carboxylic acids is 1. The zero-order chi connectivity index (χ0) is 42.4. The molecule has 1 aromatic carbocycles. The lowest BCUT2D eigenvalue weighted by Crippen LogP contribution is -2.58. The number of unbranched alkanes of at least 4 members (excludes halogenated alkanes) is 1. The molecule has 5 rings (SSSR count). The smallest absolute Gasteiger partial charge is 0.483 e. The van der Waals surface area contributed by atoms with E-state index in [1.807, 2.05) is 4.98 Å². The Morgan fingerprint density at radius 3 is 2.47 bits per heavy atom. The highest BCUT2D eigenvalue weighted by Gasteiger charge is 2.49. The molecule has 320 valence electrons. The van der Waals surface area contributed by atoms with Gasteiger partial charge in [-0.1, -0.05) is 5.16 Å². The fourth-order valence-corrected chi connectivity index (χ4v) is 7.71. The van der Waals surface area contributed by atoms with Crippen LogP contribution in [0.25, 0.3) is 11.0 Å². The Labute approximate surface area is 325 Å². The van der Waals surface area contributed by atoms with E-state index >= 15 is 0 Å². The summed E-state index contributed by atoms with van der Waals surface area (Å²) in [6.45, 7) is 0.638. The third kappa shape index (κ3) is 11.7. The second kappa shape index (κ2) is 19.3. The molecule has 0 bridgehead atoms. The Balaban J connectivity index is 1.02. The summed E-state index contributed by atoms with van der Waals surface area (Å²) in [7, 11) is -11.3. The number of hydrogen-bond donors (Lipinski definition) is 9. The van der Waals surface area contributed by atoms with Gasteiger partial charge in [0.25, 0.3) is 11.5 Å². The quantitative estimate of drug-likeness (QED) is 0.0212. The van der Waals surface area contributed by atoms with E-state index in [-0.39, 0.29) is 19.8 Å². The van der Waals surface area contributed by atoms with Gasteiger partial charge in [-0.15, -0.1) is 0 Å². The van der Waals surface area contributed by atoms with Crippen molar-refractivity contribution < 1.29 is 86.1 Å². The molecule has 2 fully saturated rings. The lowest BCUT2D eigenvalue weighted by molar-refractivity contribution is -0.259. The highest BCUT2D eigenvalue weighted by molar-refractivity contribution is 7.61. The number of aliphatic hydroxyl groups excluding tert-OH is 5. The Kier molecular flexibility index (Phi) is 14.9. The van der Waals surface area contributed by atoms with Crippen molar-refractivity contribution in [3.63, 3.8) is 0 Å². The molecular formula is C31H40N4O21P2. The van der Waals surface area contributed by atoms with E-state index in [0.29, 0.717) is 28.7 Å². The van der Waals surface area contributed by atoms with Crippen molar-refractivity contribution in [2.75, 3.05) is 26.4 Å². The maximum Gasteiger partial charge on any atom is 0.483 e. The largest absolute Gasteiger partial charge is 0.484 e. The lowest BCUT2D eigenvalue weighted by atomic mass is 10.00. The average Bonchev–Trinajstić information content (AvgIpc) is 3.42. The number of ether oxygens (including phenoxy) is 3. The molecule has 11 atom stereocenters. The number of aliphatic hydroxyl groups is 5. The number of nitrogens with one attached hydrogen (secondary N) is 2. The summed E-state index contributed by atoms with van der Waals surface area (Å²) >= 11 is 0. The van der Waals surface area contributed by atoms with Crippen molar-refractivity contribution in [2.24, 2.45) is 5.16 Å². The number of oxime groups is 1. The molecule has 58 heavy (non-hydrogen) atoms. The number of rotatable bonds is 18. The van der Waals surface area contributed by atoms with Gasteiger partial charge in [-0.25, -0.2) is 18.7 Å². The first kappa shape index (κ1) is 44.9. The highest BCUT2D eigenvalue weighted by atomic mass is 31.3. The van der Waals surface area contributed by atoms with Gasteiger partial charge in [-0.2, -0.15) is 4.31 Å². The minimum absolute atomic E-state index is 0.00183. The molecule has 4 heterocycles. The maximum atomic E-state index is 12.6. The van der Waals surface area contributed by atoms with Crippen LogP contribution >= 0.6 is 15.6 Å². The van der Waals surface area contributed by atoms with Crippen LogP contribution in [0.1, 0.15) is 24.6 Å². The van der Waals surface area contributed by atoms with Gasteiger partial charge in [0.2, 0.25) is 0 Å². The first-order valence-electron chi connectivity index (χ1n) is 17.2. The number of carbonyl (C=O) groups is 1. The zero-order valence-corrected chi connectivity index (χ0v) is 31.9. The fraction of sp³-hybridized carbons (Fsp3) is 0.516. The maximum absolute atomic E-state index is 12.6. The van der Waals surface area contributed by atoms with E-state index < -0.39 is 100 Å².